The largest absolute Gasteiger partial charge is 0.356 e. The van der Waals surface area contributed by atoms with Crippen LogP contribution in [-0.2, 0) is 4.79 Å². The third kappa shape index (κ3) is 1.14. The van der Waals surface area contributed by atoms with E-state index in [-0.39, 0.29) is 11.3 Å². The predicted molar refractivity (Wildman–Crippen MR) is 39.7 cm³/mol. The number of carbonyl (C=O) groups is 1. The fraction of sp³-hybridized carbons (Fsp3) is 0.857. The molecule has 3 nitrogen and oxygen atoms in total. The van der Waals surface area contributed by atoms with Gasteiger partial charge in [-0.25, -0.2) is 0 Å². The van der Waals surface area contributed by atoms with Gasteiger partial charge in [-0.15, -0.1) is 0 Å². The van der Waals surface area contributed by atoms with Crippen LogP contribution in [-0.4, -0.2) is 25.5 Å². The Bertz CT molecular complexity index is 141. The zero-order valence-corrected chi connectivity index (χ0v) is 6.53. The Morgan fingerprint density at radius 3 is 2.60 bits per heavy atom. The van der Waals surface area contributed by atoms with Crippen LogP contribution in [0.5, 0.6) is 0 Å². The quantitative estimate of drug-likeness (QED) is 0.557. The lowest BCUT2D eigenvalue weighted by Crippen LogP contribution is -2.59. The van der Waals surface area contributed by atoms with E-state index in [1.54, 1.807) is 0 Å². The first-order valence-corrected chi connectivity index (χ1v) is 3.68. The zero-order chi connectivity index (χ0) is 7.61. The third-order valence-electron chi connectivity index (χ3n) is 1.92. The Morgan fingerprint density at radius 1 is 1.70 bits per heavy atom. The minimum atomic E-state index is -0.129. The summed E-state index contributed by atoms with van der Waals surface area (Å²) in [6.07, 6.45) is 0. The summed E-state index contributed by atoms with van der Waals surface area (Å²) in [5.41, 5.74) is -0.129. The van der Waals surface area contributed by atoms with Crippen molar-refractivity contribution in [3.8, 4) is 0 Å². The van der Waals surface area contributed by atoms with E-state index in [1.807, 2.05) is 13.8 Å². The molecule has 1 aliphatic rings. The second kappa shape index (κ2) is 2.58. The molecule has 0 aromatic rings. The van der Waals surface area contributed by atoms with Gasteiger partial charge in [-0.1, -0.05) is 0 Å². The van der Waals surface area contributed by atoms with Gasteiger partial charge in [0.1, 0.15) is 0 Å². The molecule has 2 N–H and O–H groups in total. The molecule has 1 saturated heterocycles. The Hall–Kier alpha value is -0.570. The van der Waals surface area contributed by atoms with Crippen molar-refractivity contribution in [1.29, 1.82) is 0 Å². The molecule has 0 radical (unpaired) electrons. The third-order valence-corrected chi connectivity index (χ3v) is 1.92. The van der Waals surface area contributed by atoms with Crippen molar-refractivity contribution in [3.63, 3.8) is 0 Å². The van der Waals surface area contributed by atoms with E-state index in [0.717, 1.165) is 19.6 Å². The van der Waals surface area contributed by atoms with Crippen molar-refractivity contribution in [2.75, 3.05) is 19.6 Å². The lowest BCUT2D eigenvalue weighted by atomic mass is 9.83. The molecule has 0 atom stereocenters. The fourth-order valence-electron chi connectivity index (χ4n) is 1.03. The summed E-state index contributed by atoms with van der Waals surface area (Å²) < 4.78 is 0. The molecule has 0 bridgehead atoms. The van der Waals surface area contributed by atoms with Crippen LogP contribution in [0.1, 0.15) is 13.8 Å². The zero-order valence-electron chi connectivity index (χ0n) is 6.53. The minimum absolute atomic E-state index is 0.129. The standard InChI is InChI=1S/C7H14N2O/c1-3-9-6(10)7(2)4-8-5-7/h8H,3-5H2,1-2H3,(H,9,10). The molecule has 1 amide bonds. The second-order valence-electron chi connectivity index (χ2n) is 3.02. The molecule has 10 heavy (non-hydrogen) atoms. The van der Waals surface area contributed by atoms with Gasteiger partial charge < -0.3 is 10.6 Å². The van der Waals surface area contributed by atoms with E-state index in [9.17, 15) is 4.79 Å². The van der Waals surface area contributed by atoms with Crippen LogP contribution in [0, 0.1) is 5.41 Å². The van der Waals surface area contributed by atoms with Gasteiger partial charge in [-0.2, -0.15) is 0 Å². The van der Waals surface area contributed by atoms with Gasteiger partial charge in [0.25, 0.3) is 0 Å². The molecule has 0 spiro atoms. The highest BCUT2D eigenvalue weighted by Gasteiger charge is 2.38. The van der Waals surface area contributed by atoms with E-state index in [4.69, 9.17) is 0 Å². The van der Waals surface area contributed by atoms with E-state index in [1.165, 1.54) is 0 Å². The highest BCUT2D eigenvalue weighted by molar-refractivity contribution is 5.83. The van der Waals surface area contributed by atoms with E-state index >= 15 is 0 Å². The van der Waals surface area contributed by atoms with Crippen molar-refractivity contribution < 1.29 is 4.79 Å². The smallest absolute Gasteiger partial charge is 0.228 e. The molecule has 1 rings (SSSR count). The minimum Gasteiger partial charge on any atom is -0.356 e. The van der Waals surface area contributed by atoms with Crippen molar-refractivity contribution in [3.05, 3.63) is 0 Å². The summed E-state index contributed by atoms with van der Waals surface area (Å²) >= 11 is 0. The first kappa shape index (κ1) is 7.54. The topological polar surface area (TPSA) is 41.1 Å². The number of rotatable bonds is 2. The van der Waals surface area contributed by atoms with Crippen LogP contribution >= 0.6 is 0 Å². The molecule has 0 aromatic heterocycles. The molecule has 0 unspecified atom stereocenters. The fourth-order valence-corrected chi connectivity index (χ4v) is 1.03. The van der Waals surface area contributed by atoms with Gasteiger partial charge in [0.2, 0.25) is 5.91 Å². The van der Waals surface area contributed by atoms with Crippen LogP contribution in [0.3, 0.4) is 0 Å². The number of hydrogen-bond acceptors (Lipinski definition) is 2. The van der Waals surface area contributed by atoms with Crippen molar-refractivity contribution >= 4 is 5.91 Å². The van der Waals surface area contributed by atoms with Gasteiger partial charge in [0.05, 0.1) is 5.41 Å². The van der Waals surface area contributed by atoms with Crippen molar-refractivity contribution in [2.45, 2.75) is 13.8 Å². The Kier molecular flexibility index (Phi) is 1.94. The molecule has 1 fully saturated rings. The Labute approximate surface area is 61.2 Å². The van der Waals surface area contributed by atoms with Crippen LogP contribution in [0.4, 0.5) is 0 Å². The summed E-state index contributed by atoms with van der Waals surface area (Å²) in [6, 6.07) is 0. The molecule has 0 aliphatic carbocycles. The normalized spacial score (nSPS) is 21.4. The molecule has 1 heterocycles. The highest BCUT2D eigenvalue weighted by Crippen LogP contribution is 2.20. The molecule has 1 aliphatic heterocycles. The summed E-state index contributed by atoms with van der Waals surface area (Å²) in [7, 11) is 0. The van der Waals surface area contributed by atoms with Crippen LogP contribution in [0.25, 0.3) is 0 Å². The van der Waals surface area contributed by atoms with Crippen LogP contribution in [0.2, 0.25) is 0 Å². The monoisotopic (exact) mass is 142 g/mol. The first-order valence-electron chi connectivity index (χ1n) is 3.68. The Morgan fingerprint density at radius 2 is 2.30 bits per heavy atom. The lowest BCUT2D eigenvalue weighted by Gasteiger charge is -2.37. The highest BCUT2D eigenvalue weighted by atomic mass is 16.2. The molecular weight excluding hydrogens is 128 g/mol. The van der Waals surface area contributed by atoms with Gasteiger partial charge in [-0.3, -0.25) is 4.79 Å². The lowest BCUT2D eigenvalue weighted by molar-refractivity contribution is -0.132. The molecule has 0 saturated carbocycles. The maximum Gasteiger partial charge on any atom is 0.228 e. The first-order chi connectivity index (χ1) is 4.69. The maximum absolute atomic E-state index is 11.2. The average molecular weight is 142 g/mol. The SMILES string of the molecule is CCNC(=O)C1(C)CNC1. The second-order valence-corrected chi connectivity index (χ2v) is 3.02. The summed E-state index contributed by atoms with van der Waals surface area (Å²) in [5, 5.41) is 5.89. The van der Waals surface area contributed by atoms with Gasteiger partial charge >= 0.3 is 0 Å². The van der Waals surface area contributed by atoms with E-state index < -0.39 is 0 Å². The molecule has 0 aromatic carbocycles. The Balaban J connectivity index is 2.39. The average Bonchev–Trinajstić information content (AvgIpc) is 1.83. The van der Waals surface area contributed by atoms with E-state index in [0.29, 0.717) is 0 Å². The number of hydrogen-bond donors (Lipinski definition) is 2. The molecule has 3 heteroatoms. The molecular formula is C7H14N2O. The number of carbonyl (C=O) groups excluding carboxylic acids is 1. The number of nitrogens with one attached hydrogen (secondary N) is 2. The van der Waals surface area contributed by atoms with Crippen LogP contribution in [0.15, 0.2) is 0 Å². The van der Waals surface area contributed by atoms with Gasteiger partial charge in [0.15, 0.2) is 0 Å². The summed E-state index contributed by atoms with van der Waals surface area (Å²) in [6.45, 7) is 6.29. The van der Waals surface area contributed by atoms with Gasteiger partial charge in [0, 0.05) is 19.6 Å². The number of amides is 1. The maximum atomic E-state index is 11.2. The van der Waals surface area contributed by atoms with Gasteiger partial charge in [-0.05, 0) is 13.8 Å². The summed E-state index contributed by atoms with van der Waals surface area (Å²) in [4.78, 5) is 11.2. The van der Waals surface area contributed by atoms with Crippen LogP contribution < -0.4 is 10.6 Å². The van der Waals surface area contributed by atoms with Crippen molar-refractivity contribution in [2.24, 2.45) is 5.41 Å². The summed E-state index contributed by atoms with van der Waals surface area (Å²) in [5.74, 6) is 0.175. The van der Waals surface area contributed by atoms with Crippen molar-refractivity contribution in [1.82, 2.24) is 10.6 Å². The predicted octanol–water partition coefficient (Wildman–Crippen LogP) is -0.268. The van der Waals surface area contributed by atoms with E-state index in [2.05, 4.69) is 10.6 Å². The molecule has 58 valence electrons.